The normalized spacial score (nSPS) is 27.4. The molecule has 1 aliphatic rings. The Balaban J connectivity index is 2.08. The fourth-order valence-corrected chi connectivity index (χ4v) is 4.19. The zero-order valence-corrected chi connectivity index (χ0v) is 15.6. The Morgan fingerprint density at radius 3 is 2.62 bits per heavy atom. The molecule has 2 rings (SSSR count). The summed E-state index contributed by atoms with van der Waals surface area (Å²) >= 11 is 9.74. The van der Waals surface area contributed by atoms with E-state index in [1.165, 1.54) is 6.42 Å². The van der Waals surface area contributed by atoms with E-state index >= 15 is 0 Å². The first kappa shape index (κ1) is 17.3. The molecule has 0 spiro atoms. The standard InChI is InChI=1S/C18H26BrClO/c1-17(2,3)14-5-4-9-18(21,10-8-14)12-13-6-7-15(19)11-16(13)20/h6-7,11,14,21H,4-5,8-10,12H2,1-3H3. The molecule has 0 amide bonds. The highest BCUT2D eigenvalue weighted by molar-refractivity contribution is 9.10. The Labute approximate surface area is 142 Å². The lowest BCUT2D eigenvalue weighted by molar-refractivity contribution is 0.0225. The number of rotatable bonds is 2. The highest BCUT2D eigenvalue weighted by Gasteiger charge is 2.35. The monoisotopic (exact) mass is 372 g/mol. The van der Waals surface area contributed by atoms with Gasteiger partial charge in [0.25, 0.3) is 0 Å². The first-order valence-corrected chi connectivity index (χ1v) is 9.03. The molecule has 1 saturated carbocycles. The average Bonchev–Trinajstić information content (AvgIpc) is 2.55. The Morgan fingerprint density at radius 2 is 2.00 bits per heavy atom. The van der Waals surface area contributed by atoms with E-state index in [0.29, 0.717) is 17.8 Å². The van der Waals surface area contributed by atoms with Crippen LogP contribution in [0.25, 0.3) is 0 Å². The predicted molar refractivity (Wildman–Crippen MR) is 93.8 cm³/mol. The van der Waals surface area contributed by atoms with Crippen LogP contribution in [0.2, 0.25) is 5.02 Å². The second-order valence-corrected chi connectivity index (χ2v) is 8.95. The number of benzene rings is 1. The van der Waals surface area contributed by atoms with E-state index in [0.717, 1.165) is 40.7 Å². The Kier molecular flexibility index (Phi) is 5.44. The highest BCUT2D eigenvalue weighted by Crippen LogP contribution is 2.41. The first-order chi connectivity index (χ1) is 9.70. The topological polar surface area (TPSA) is 20.2 Å². The van der Waals surface area contributed by atoms with Gasteiger partial charge in [-0.05, 0) is 54.7 Å². The van der Waals surface area contributed by atoms with Crippen LogP contribution in [-0.2, 0) is 6.42 Å². The van der Waals surface area contributed by atoms with Crippen molar-refractivity contribution < 1.29 is 5.11 Å². The quantitative estimate of drug-likeness (QED) is 0.630. The molecular formula is C18H26BrClO. The van der Waals surface area contributed by atoms with E-state index in [1.54, 1.807) is 0 Å². The summed E-state index contributed by atoms with van der Waals surface area (Å²) in [7, 11) is 0. The van der Waals surface area contributed by atoms with E-state index in [1.807, 2.05) is 18.2 Å². The van der Waals surface area contributed by atoms with Gasteiger partial charge in [0.15, 0.2) is 0 Å². The molecule has 0 radical (unpaired) electrons. The van der Waals surface area contributed by atoms with Crippen LogP contribution in [0.3, 0.4) is 0 Å². The molecule has 1 aliphatic carbocycles. The maximum absolute atomic E-state index is 11.0. The van der Waals surface area contributed by atoms with Crippen molar-refractivity contribution in [3.8, 4) is 0 Å². The van der Waals surface area contributed by atoms with E-state index in [2.05, 4.69) is 36.7 Å². The van der Waals surface area contributed by atoms with Gasteiger partial charge in [-0.3, -0.25) is 0 Å². The van der Waals surface area contributed by atoms with E-state index in [-0.39, 0.29) is 0 Å². The molecule has 0 heterocycles. The summed E-state index contributed by atoms with van der Waals surface area (Å²) in [4.78, 5) is 0. The Hall–Kier alpha value is -0.0500. The van der Waals surface area contributed by atoms with Gasteiger partial charge in [-0.2, -0.15) is 0 Å². The number of halogens is 2. The highest BCUT2D eigenvalue weighted by atomic mass is 79.9. The van der Waals surface area contributed by atoms with Crippen LogP contribution in [0.15, 0.2) is 22.7 Å². The van der Waals surface area contributed by atoms with Crippen molar-refractivity contribution in [2.24, 2.45) is 11.3 Å². The molecule has 0 aromatic heterocycles. The molecule has 1 nitrogen and oxygen atoms in total. The van der Waals surface area contributed by atoms with Gasteiger partial charge in [-0.1, -0.05) is 60.8 Å². The minimum absolute atomic E-state index is 0.334. The van der Waals surface area contributed by atoms with E-state index in [9.17, 15) is 5.11 Å². The van der Waals surface area contributed by atoms with Gasteiger partial charge in [0.1, 0.15) is 0 Å². The van der Waals surface area contributed by atoms with Crippen molar-refractivity contribution in [2.75, 3.05) is 0 Å². The fraction of sp³-hybridized carbons (Fsp3) is 0.667. The smallest absolute Gasteiger partial charge is 0.0688 e. The second-order valence-electron chi connectivity index (χ2n) is 7.63. The van der Waals surface area contributed by atoms with Gasteiger partial charge in [-0.15, -0.1) is 0 Å². The van der Waals surface area contributed by atoms with Crippen molar-refractivity contribution >= 4 is 27.5 Å². The predicted octanol–water partition coefficient (Wildman–Crippen LogP) is 6.00. The van der Waals surface area contributed by atoms with Crippen LogP contribution in [0.4, 0.5) is 0 Å². The summed E-state index contributed by atoms with van der Waals surface area (Å²) in [6.07, 6.45) is 5.85. The van der Waals surface area contributed by atoms with Crippen LogP contribution in [0.1, 0.15) is 58.4 Å². The summed E-state index contributed by atoms with van der Waals surface area (Å²) in [6, 6.07) is 5.94. The molecule has 2 unspecified atom stereocenters. The number of hydrogen-bond donors (Lipinski definition) is 1. The lowest BCUT2D eigenvalue weighted by Crippen LogP contribution is -2.31. The van der Waals surface area contributed by atoms with Crippen LogP contribution < -0.4 is 0 Å². The SMILES string of the molecule is CC(C)(C)C1CCCC(O)(Cc2ccc(Br)cc2Cl)CC1. The zero-order chi connectivity index (χ0) is 15.7. The molecular weight excluding hydrogens is 348 g/mol. The van der Waals surface area contributed by atoms with Crippen molar-refractivity contribution in [1.82, 2.24) is 0 Å². The third-order valence-electron chi connectivity index (χ3n) is 4.91. The zero-order valence-electron chi connectivity index (χ0n) is 13.3. The lowest BCUT2D eigenvalue weighted by atomic mass is 9.76. The summed E-state index contributed by atoms with van der Waals surface area (Å²) < 4.78 is 0.983. The summed E-state index contributed by atoms with van der Waals surface area (Å²) in [5.41, 5.74) is 0.786. The summed E-state index contributed by atoms with van der Waals surface area (Å²) in [5.74, 6) is 0.701. The molecule has 0 saturated heterocycles. The van der Waals surface area contributed by atoms with Gasteiger partial charge >= 0.3 is 0 Å². The van der Waals surface area contributed by atoms with Gasteiger partial charge in [-0.25, -0.2) is 0 Å². The van der Waals surface area contributed by atoms with E-state index in [4.69, 9.17) is 11.6 Å². The maximum Gasteiger partial charge on any atom is 0.0688 e. The molecule has 1 aromatic rings. The number of hydrogen-bond acceptors (Lipinski definition) is 1. The second kappa shape index (κ2) is 6.60. The van der Waals surface area contributed by atoms with Crippen molar-refractivity contribution in [2.45, 2.75) is 64.9 Å². The van der Waals surface area contributed by atoms with Gasteiger partial charge in [0.05, 0.1) is 5.60 Å². The average molecular weight is 374 g/mol. The molecule has 1 N–H and O–H groups in total. The fourth-order valence-electron chi connectivity index (χ4n) is 3.45. The molecule has 0 aliphatic heterocycles. The maximum atomic E-state index is 11.0. The number of aliphatic hydroxyl groups is 1. The Morgan fingerprint density at radius 1 is 1.29 bits per heavy atom. The van der Waals surface area contributed by atoms with Crippen LogP contribution in [-0.4, -0.2) is 10.7 Å². The largest absolute Gasteiger partial charge is 0.390 e. The molecule has 0 bridgehead atoms. The minimum Gasteiger partial charge on any atom is -0.390 e. The molecule has 1 aromatic carbocycles. The van der Waals surface area contributed by atoms with Gasteiger partial charge < -0.3 is 5.11 Å². The lowest BCUT2D eigenvalue weighted by Gasteiger charge is -2.31. The third kappa shape index (κ3) is 4.71. The van der Waals surface area contributed by atoms with Gasteiger partial charge in [0, 0.05) is 15.9 Å². The molecule has 2 atom stereocenters. The van der Waals surface area contributed by atoms with E-state index < -0.39 is 5.60 Å². The third-order valence-corrected chi connectivity index (χ3v) is 5.76. The molecule has 1 fully saturated rings. The summed E-state index contributed by atoms with van der Waals surface area (Å²) in [5, 5.41) is 11.8. The van der Waals surface area contributed by atoms with Crippen molar-refractivity contribution in [1.29, 1.82) is 0 Å². The molecule has 118 valence electrons. The van der Waals surface area contributed by atoms with Crippen molar-refractivity contribution in [3.63, 3.8) is 0 Å². The summed E-state index contributed by atoms with van der Waals surface area (Å²) in [6.45, 7) is 6.94. The van der Waals surface area contributed by atoms with Crippen molar-refractivity contribution in [3.05, 3.63) is 33.3 Å². The molecule has 21 heavy (non-hydrogen) atoms. The Bertz CT molecular complexity index is 494. The molecule has 3 heteroatoms. The minimum atomic E-state index is -0.600. The van der Waals surface area contributed by atoms with Crippen LogP contribution >= 0.6 is 27.5 Å². The first-order valence-electron chi connectivity index (χ1n) is 7.86. The van der Waals surface area contributed by atoms with Crippen LogP contribution in [0, 0.1) is 11.3 Å². The van der Waals surface area contributed by atoms with Crippen LogP contribution in [0.5, 0.6) is 0 Å². The van der Waals surface area contributed by atoms with Gasteiger partial charge in [0.2, 0.25) is 0 Å².